The molecule has 0 bridgehead atoms. The summed E-state index contributed by atoms with van der Waals surface area (Å²) in [5.41, 5.74) is 0. The van der Waals surface area contributed by atoms with Crippen LogP contribution in [0.5, 0.6) is 0 Å². The summed E-state index contributed by atoms with van der Waals surface area (Å²) in [5.74, 6) is 0. The molecule has 0 saturated heterocycles. The molecular formula is C18H48N2O4Si4. The second-order valence-electron chi connectivity index (χ2n) is 10.2. The summed E-state index contributed by atoms with van der Waals surface area (Å²) < 4.78 is 25.6. The van der Waals surface area contributed by atoms with E-state index in [1.165, 1.54) is 0 Å². The fraction of sp³-hybridized carbons (Fsp3) is 1.00. The van der Waals surface area contributed by atoms with Crippen molar-refractivity contribution < 1.29 is 17.1 Å². The van der Waals surface area contributed by atoms with Gasteiger partial charge >= 0.3 is 17.1 Å². The standard InChI is InChI=1S/C18H48N2O4Si4/c1-19-13-14-20(2)15-17-21-16-12-18-28(11,23-26(6,7)8)24-27(9,10)22-25(3,4)5/h19H,12-18H2,1-11H3. The van der Waals surface area contributed by atoms with Crippen molar-refractivity contribution in [3.05, 3.63) is 0 Å². The number of likely N-dealkylation sites (N-methyl/N-ethyl adjacent to an activating group) is 2. The fourth-order valence-electron chi connectivity index (χ4n) is 3.28. The SMILES string of the molecule is CNCCN(C)CCOCCC[Si](C)(O[Si](C)(C)C)O[Si](C)(C)O[Si](C)(C)C. The van der Waals surface area contributed by atoms with Crippen molar-refractivity contribution in [2.75, 3.05) is 46.9 Å². The molecule has 0 aliphatic carbocycles. The largest absolute Gasteiger partial charge is 0.437 e. The van der Waals surface area contributed by atoms with Gasteiger partial charge in [-0.15, -0.1) is 0 Å². The van der Waals surface area contributed by atoms with Crippen LogP contribution in [0.25, 0.3) is 0 Å². The molecule has 0 radical (unpaired) electrons. The minimum Gasteiger partial charge on any atom is -0.437 e. The second kappa shape index (κ2) is 12.5. The molecule has 1 N–H and O–H groups in total. The Kier molecular flexibility index (Phi) is 12.8. The average Bonchev–Trinajstić information content (AvgIpc) is 2.43. The van der Waals surface area contributed by atoms with E-state index in [4.69, 9.17) is 17.1 Å². The quantitative estimate of drug-likeness (QED) is 0.272. The Balaban J connectivity index is 4.57. The molecule has 1 unspecified atom stereocenters. The van der Waals surface area contributed by atoms with Gasteiger partial charge in [0.25, 0.3) is 0 Å². The highest BCUT2D eigenvalue weighted by atomic mass is 28.5. The van der Waals surface area contributed by atoms with E-state index in [0.717, 1.165) is 45.3 Å². The highest BCUT2D eigenvalue weighted by Gasteiger charge is 2.44. The number of nitrogens with one attached hydrogen (secondary N) is 1. The van der Waals surface area contributed by atoms with Crippen LogP contribution < -0.4 is 5.32 Å². The van der Waals surface area contributed by atoms with Gasteiger partial charge in [-0.3, -0.25) is 0 Å². The van der Waals surface area contributed by atoms with Crippen LogP contribution in [0.15, 0.2) is 0 Å². The van der Waals surface area contributed by atoms with Crippen LogP contribution in [0.3, 0.4) is 0 Å². The molecule has 0 aliphatic heterocycles. The van der Waals surface area contributed by atoms with E-state index in [-0.39, 0.29) is 0 Å². The molecule has 0 aromatic carbocycles. The molecule has 0 aliphatic rings. The van der Waals surface area contributed by atoms with Crippen molar-refractivity contribution in [1.29, 1.82) is 0 Å². The minimum atomic E-state index is -2.30. The summed E-state index contributed by atoms with van der Waals surface area (Å²) in [6.45, 7) is 24.5. The number of nitrogens with zero attached hydrogens (tertiary/aromatic N) is 1. The number of rotatable bonds is 16. The zero-order chi connectivity index (χ0) is 22.1. The van der Waals surface area contributed by atoms with Gasteiger partial charge in [-0.05, 0) is 85.5 Å². The monoisotopic (exact) mass is 468 g/mol. The highest BCUT2D eigenvalue weighted by molar-refractivity contribution is 6.89. The summed E-state index contributed by atoms with van der Waals surface area (Å²) in [6.07, 6.45) is 0.977. The molecule has 0 amide bonds. The van der Waals surface area contributed by atoms with Gasteiger partial charge in [-0.25, -0.2) is 0 Å². The van der Waals surface area contributed by atoms with E-state index < -0.39 is 33.8 Å². The lowest BCUT2D eigenvalue weighted by Crippen LogP contribution is -2.56. The molecule has 0 saturated carbocycles. The predicted octanol–water partition coefficient (Wildman–Crippen LogP) is 4.04. The fourth-order valence-corrected chi connectivity index (χ4v) is 21.2. The van der Waals surface area contributed by atoms with E-state index in [2.05, 4.69) is 76.2 Å². The van der Waals surface area contributed by atoms with Gasteiger partial charge in [0.1, 0.15) is 0 Å². The third-order valence-electron chi connectivity index (χ3n) is 3.82. The molecular weight excluding hydrogens is 421 g/mol. The Labute approximate surface area is 179 Å². The molecule has 0 aromatic rings. The van der Waals surface area contributed by atoms with Crippen LogP contribution in [0, 0.1) is 0 Å². The molecule has 0 heterocycles. The van der Waals surface area contributed by atoms with Gasteiger partial charge in [0, 0.05) is 26.2 Å². The van der Waals surface area contributed by atoms with Crippen LogP contribution in [0.4, 0.5) is 0 Å². The van der Waals surface area contributed by atoms with Crippen LogP contribution in [-0.2, 0) is 17.1 Å². The van der Waals surface area contributed by atoms with Gasteiger partial charge in [-0.1, -0.05) is 0 Å². The highest BCUT2D eigenvalue weighted by Crippen LogP contribution is 2.27. The zero-order valence-electron chi connectivity index (χ0n) is 20.5. The summed E-state index contributed by atoms with van der Waals surface area (Å²) >= 11 is 0. The maximum atomic E-state index is 6.70. The van der Waals surface area contributed by atoms with Gasteiger partial charge in [0.2, 0.25) is 0 Å². The lowest BCUT2D eigenvalue weighted by Gasteiger charge is -2.41. The first-order valence-electron chi connectivity index (χ1n) is 10.6. The maximum absolute atomic E-state index is 6.70. The first-order valence-corrected chi connectivity index (χ1v) is 22.7. The minimum absolute atomic E-state index is 0.762. The van der Waals surface area contributed by atoms with Crippen LogP contribution in [-0.4, -0.2) is 85.6 Å². The summed E-state index contributed by atoms with van der Waals surface area (Å²) in [6, 6.07) is 0.957. The van der Waals surface area contributed by atoms with Gasteiger partial charge in [0.05, 0.1) is 6.61 Å². The van der Waals surface area contributed by atoms with Crippen molar-refractivity contribution in [2.45, 2.75) is 71.4 Å². The Morgan fingerprint density at radius 1 is 0.750 bits per heavy atom. The number of hydrogen-bond acceptors (Lipinski definition) is 6. The van der Waals surface area contributed by atoms with E-state index in [1.54, 1.807) is 0 Å². The molecule has 10 heteroatoms. The summed E-state index contributed by atoms with van der Waals surface area (Å²) in [4.78, 5) is 2.29. The Morgan fingerprint density at radius 2 is 1.32 bits per heavy atom. The van der Waals surface area contributed by atoms with Crippen LogP contribution in [0.1, 0.15) is 6.42 Å². The summed E-state index contributed by atoms with van der Waals surface area (Å²) in [7, 11) is -3.73. The average molecular weight is 469 g/mol. The molecule has 0 aromatic heterocycles. The Bertz CT molecular complexity index is 431. The Hall–Kier alpha value is 0.628. The first-order chi connectivity index (χ1) is 12.6. The topological polar surface area (TPSA) is 52.2 Å². The predicted molar refractivity (Wildman–Crippen MR) is 131 cm³/mol. The van der Waals surface area contributed by atoms with Crippen molar-refractivity contribution in [2.24, 2.45) is 0 Å². The maximum Gasteiger partial charge on any atom is 0.315 e. The second-order valence-corrected chi connectivity index (χ2v) is 26.7. The van der Waals surface area contributed by atoms with Gasteiger partial charge in [0.15, 0.2) is 16.6 Å². The molecule has 6 nitrogen and oxygen atoms in total. The zero-order valence-corrected chi connectivity index (χ0v) is 24.5. The van der Waals surface area contributed by atoms with E-state index in [0.29, 0.717) is 0 Å². The van der Waals surface area contributed by atoms with Crippen LogP contribution in [0.2, 0.25) is 65.0 Å². The first kappa shape index (κ1) is 28.6. The van der Waals surface area contributed by atoms with Crippen molar-refractivity contribution in [3.63, 3.8) is 0 Å². The normalized spacial score (nSPS) is 15.9. The molecule has 0 fully saturated rings. The van der Waals surface area contributed by atoms with Crippen molar-refractivity contribution >= 4 is 33.8 Å². The number of hydrogen-bond donors (Lipinski definition) is 1. The molecule has 28 heavy (non-hydrogen) atoms. The van der Waals surface area contributed by atoms with Gasteiger partial charge < -0.3 is 27.3 Å². The van der Waals surface area contributed by atoms with Gasteiger partial charge in [-0.2, -0.15) is 0 Å². The molecule has 170 valence electrons. The number of ether oxygens (including phenoxy) is 1. The van der Waals surface area contributed by atoms with E-state index in [9.17, 15) is 0 Å². The third kappa shape index (κ3) is 16.4. The van der Waals surface area contributed by atoms with E-state index >= 15 is 0 Å². The lowest BCUT2D eigenvalue weighted by molar-refractivity contribution is 0.111. The summed E-state index contributed by atoms with van der Waals surface area (Å²) in [5, 5.41) is 3.17. The third-order valence-corrected chi connectivity index (χ3v) is 17.4. The van der Waals surface area contributed by atoms with Crippen molar-refractivity contribution in [1.82, 2.24) is 10.2 Å². The smallest absolute Gasteiger partial charge is 0.315 e. The Morgan fingerprint density at radius 3 is 1.82 bits per heavy atom. The van der Waals surface area contributed by atoms with E-state index in [1.807, 2.05) is 7.05 Å². The lowest BCUT2D eigenvalue weighted by atomic mass is 10.5. The molecule has 1 atom stereocenters. The van der Waals surface area contributed by atoms with Crippen LogP contribution >= 0.6 is 0 Å². The van der Waals surface area contributed by atoms with Crippen molar-refractivity contribution in [3.8, 4) is 0 Å². The molecule has 0 rings (SSSR count). The molecule has 0 spiro atoms.